The number of nitrogens with zero attached hydrogens (tertiary/aromatic N) is 1. The van der Waals surface area contributed by atoms with E-state index in [1.807, 2.05) is 11.3 Å². The largest absolute Gasteiger partial charge is 0.357 e. The maximum atomic E-state index is 3.63. The van der Waals surface area contributed by atoms with E-state index >= 15 is 0 Å². The molecule has 0 fully saturated rings. The highest BCUT2D eigenvalue weighted by Crippen LogP contribution is 2.41. The second-order valence-electron chi connectivity index (χ2n) is 5.87. The van der Waals surface area contributed by atoms with Gasteiger partial charge in [-0.3, -0.25) is 4.90 Å². The van der Waals surface area contributed by atoms with Gasteiger partial charge < -0.3 is 4.98 Å². The standard InChI is InChI=1S/C17H16N2S/c1-2-4-14-11(3-1)13-9-16-12-6-8-20-17(12)5-7-19(16)10-15(13)18-14/h1-4,6,8,16,18H,5,7,9-10H2. The monoisotopic (exact) mass is 280 g/mol. The molecule has 1 N–H and O–H groups in total. The van der Waals surface area contributed by atoms with Gasteiger partial charge in [-0.15, -0.1) is 11.3 Å². The number of aromatic nitrogens is 1. The number of thiophene rings is 1. The first kappa shape index (κ1) is 11.1. The average Bonchev–Trinajstić information content (AvgIpc) is 3.09. The Morgan fingerprint density at radius 1 is 1.20 bits per heavy atom. The SMILES string of the molecule is c1ccc2c3c([nH]c2c1)CN1CCc2sccc2C1C3. The topological polar surface area (TPSA) is 19.0 Å². The van der Waals surface area contributed by atoms with Crippen LogP contribution in [0, 0.1) is 0 Å². The van der Waals surface area contributed by atoms with Gasteiger partial charge in [0.2, 0.25) is 0 Å². The van der Waals surface area contributed by atoms with Crippen molar-refractivity contribution in [1.82, 2.24) is 9.88 Å². The van der Waals surface area contributed by atoms with Gasteiger partial charge in [-0.2, -0.15) is 0 Å². The Kier molecular flexibility index (Phi) is 2.20. The lowest BCUT2D eigenvalue weighted by atomic mass is 9.89. The highest BCUT2D eigenvalue weighted by molar-refractivity contribution is 7.10. The molecule has 0 saturated carbocycles. The summed E-state index contributed by atoms with van der Waals surface area (Å²) in [6.07, 6.45) is 2.38. The lowest BCUT2D eigenvalue weighted by molar-refractivity contribution is 0.161. The van der Waals surface area contributed by atoms with Gasteiger partial charge in [0, 0.05) is 40.6 Å². The third-order valence-electron chi connectivity index (χ3n) is 4.87. The summed E-state index contributed by atoms with van der Waals surface area (Å²) < 4.78 is 0. The second-order valence-corrected chi connectivity index (χ2v) is 6.87. The van der Waals surface area contributed by atoms with Crippen LogP contribution in [-0.4, -0.2) is 16.4 Å². The van der Waals surface area contributed by atoms with Gasteiger partial charge in [-0.05, 0) is 41.5 Å². The number of benzene rings is 1. The van der Waals surface area contributed by atoms with Gasteiger partial charge in [0.15, 0.2) is 0 Å². The van der Waals surface area contributed by atoms with Gasteiger partial charge >= 0.3 is 0 Å². The predicted molar refractivity (Wildman–Crippen MR) is 83.2 cm³/mol. The lowest BCUT2D eigenvalue weighted by Gasteiger charge is -2.39. The average molecular weight is 280 g/mol. The number of H-pyrrole nitrogens is 1. The molecule has 5 rings (SSSR count). The number of nitrogens with one attached hydrogen (secondary N) is 1. The first-order chi connectivity index (χ1) is 9.90. The van der Waals surface area contributed by atoms with Crippen LogP contribution >= 0.6 is 11.3 Å². The lowest BCUT2D eigenvalue weighted by Crippen LogP contribution is -2.38. The molecule has 0 radical (unpaired) electrons. The first-order valence-corrected chi connectivity index (χ1v) is 8.17. The second kappa shape index (κ2) is 3.96. The summed E-state index contributed by atoms with van der Waals surface area (Å²) in [6.45, 7) is 2.27. The summed E-state index contributed by atoms with van der Waals surface area (Å²) in [6, 6.07) is 11.7. The van der Waals surface area contributed by atoms with Crippen molar-refractivity contribution in [3.8, 4) is 0 Å². The normalized spacial score (nSPS) is 21.5. The predicted octanol–water partition coefficient (Wildman–Crippen LogP) is 3.88. The van der Waals surface area contributed by atoms with Crippen molar-refractivity contribution in [2.45, 2.75) is 25.4 Å². The molecule has 1 unspecified atom stereocenters. The molecule has 1 aromatic carbocycles. The Labute approximate surface area is 122 Å². The van der Waals surface area contributed by atoms with Crippen LogP contribution in [0.1, 0.15) is 27.7 Å². The zero-order valence-corrected chi connectivity index (χ0v) is 12.0. The van der Waals surface area contributed by atoms with Crippen LogP contribution in [0.4, 0.5) is 0 Å². The molecular formula is C17H16N2S. The van der Waals surface area contributed by atoms with Crippen molar-refractivity contribution < 1.29 is 0 Å². The minimum absolute atomic E-state index is 0.594. The fourth-order valence-corrected chi connectivity index (χ4v) is 4.83. The summed E-state index contributed by atoms with van der Waals surface area (Å²) >= 11 is 1.93. The van der Waals surface area contributed by atoms with E-state index in [9.17, 15) is 0 Å². The number of rotatable bonds is 0. The van der Waals surface area contributed by atoms with Crippen LogP contribution in [0.5, 0.6) is 0 Å². The summed E-state index contributed by atoms with van der Waals surface area (Å²) in [4.78, 5) is 7.88. The first-order valence-electron chi connectivity index (χ1n) is 7.29. The molecule has 2 aliphatic heterocycles. The van der Waals surface area contributed by atoms with E-state index in [2.05, 4.69) is 45.6 Å². The fraction of sp³-hybridized carbons (Fsp3) is 0.294. The van der Waals surface area contributed by atoms with Crippen LogP contribution in [0.25, 0.3) is 10.9 Å². The van der Waals surface area contributed by atoms with Gasteiger partial charge in [0.1, 0.15) is 0 Å². The van der Waals surface area contributed by atoms with Crippen molar-refractivity contribution in [2.24, 2.45) is 0 Å². The molecule has 0 saturated heterocycles. The van der Waals surface area contributed by atoms with E-state index in [1.54, 1.807) is 16.0 Å². The molecule has 0 amide bonds. The molecule has 3 aromatic rings. The van der Waals surface area contributed by atoms with Crippen molar-refractivity contribution in [1.29, 1.82) is 0 Å². The molecule has 1 atom stereocenters. The highest BCUT2D eigenvalue weighted by Gasteiger charge is 2.33. The number of para-hydroxylation sites is 1. The number of fused-ring (bicyclic) bond motifs is 6. The van der Waals surface area contributed by atoms with Crippen LogP contribution in [0.3, 0.4) is 0 Å². The molecule has 20 heavy (non-hydrogen) atoms. The maximum absolute atomic E-state index is 3.63. The maximum Gasteiger partial charge on any atom is 0.0459 e. The summed E-state index contributed by atoms with van der Waals surface area (Å²) in [5.41, 5.74) is 5.85. The van der Waals surface area contributed by atoms with Crippen molar-refractivity contribution in [3.05, 3.63) is 57.4 Å². The summed E-state index contributed by atoms with van der Waals surface area (Å²) in [5, 5.41) is 3.68. The molecule has 3 heteroatoms. The molecule has 2 nitrogen and oxygen atoms in total. The molecule has 0 aliphatic carbocycles. The van der Waals surface area contributed by atoms with E-state index in [-0.39, 0.29) is 0 Å². The molecule has 0 spiro atoms. The van der Waals surface area contributed by atoms with Crippen molar-refractivity contribution in [3.63, 3.8) is 0 Å². The number of hydrogen-bond acceptors (Lipinski definition) is 2. The molecule has 2 aliphatic rings. The zero-order chi connectivity index (χ0) is 13.1. The molecule has 4 heterocycles. The minimum atomic E-state index is 0.594. The third kappa shape index (κ3) is 1.42. The Morgan fingerprint density at radius 2 is 2.15 bits per heavy atom. The quantitative estimate of drug-likeness (QED) is 0.662. The van der Waals surface area contributed by atoms with E-state index < -0.39 is 0 Å². The van der Waals surface area contributed by atoms with Gasteiger partial charge in [0.25, 0.3) is 0 Å². The molecule has 0 bridgehead atoms. The van der Waals surface area contributed by atoms with Gasteiger partial charge in [0.05, 0.1) is 0 Å². The van der Waals surface area contributed by atoms with Crippen LogP contribution in [0.15, 0.2) is 35.7 Å². The molecule has 100 valence electrons. The van der Waals surface area contributed by atoms with Crippen molar-refractivity contribution in [2.75, 3.05) is 6.54 Å². The Balaban J connectivity index is 1.68. The van der Waals surface area contributed by atoms with Crippen LogP contribution < -0.4 is 0 Å². The smallest absolute Gasteiger partial charge is 0.0459 e. The summed E-state index contributed by atoms with van der Waals surface area (Å²) in [7, 11) is 0. The van der Waals surface area contributed by atoms with Gasteiger partial charge in [-0.25, -0.2) is 0 Å². The van der Waals surface area contributed by atoms with Crippen LogP contribution in [0.2, 0.25) is 0 Å². The Hall–Kier alpha value is -1.58. The fourth-order valence-electron chi connectivity index (χ4n) is 3.90. The van der Waals surface area contributed by atoms with Crippen molar-refractivity contribution >= 4 is 22.2 Å². The summed E-state index contributed by atoms with van der Waals surface area (Å²) in [5.74, 6) is 0. The number of aromatic amines is 1. The van der Waals surface area contributed by atoms with E-state index in [4.69, 9.17) is 0 Å². The third-order valence-corrected chi connectivity index (χ3v) is 5.86. The highest BCUT2D eigenvalue weighted by atomic mass is 32.1. The molecule has 2 aromatic heterocycles. The van der Waals surface area contributed by atoms with Crippen LogP contribution in [-0.2, 0) is 19.4 Å². The van der Waals surface area contributed by atoms with E-state index in [0.29, 0.717) is 6.04 Å². The minimum Gasteiger partial charge on any atom is -0.357 e. The zero-order valence-electron chi connectivity index (χ0n) is 11.2. The van der Waals surface area contributed by atoms with E-state index in [0.717, 1.165) is 13.0 Å². The number of hydrogen-bond donors (Lipinski definition) is 1. The Morgan fingerprint density at radius 3 is 3.15 bits per heavy atom. The molecular weight excluding hydrogens is 264 g/mol. The Bertz CT molecular complexity index is 798. The van der Waals surface area contributed by atoms with E-state index in [1.165, 1.54) is 29.6 Å². The van der Waals surface area contributed by atoms with Gasteiger partial charge in [-0.1, -0.05) is 18.2 Å².